The molecule has 9 N–H and O–H groups in total. The van der Waals surface area contributed by atoms with Gasteiger partial charge in [0.15, 0.2) is 23.7 Å². The second-order valence-electron chi connectivity index (χ2n) is 11.7. The fourth-order valence-electron chi connectivity index (χ4n) is 5.48. The third kappa shape index (κ3) is 11.4. The number of hydrogen-bond donors (Lipinski definition) is 8. The van der Waals surface area contributed by atoms with Crippen LogP contribution in [-0.4, -0.2) is 154 Å². The molecule has 2 amide bonds. The number of nitrogen functional groups attached to an aromatic ring is 1. The van der Waals surface area contributed by atoms with Crippen LogP contribution in [0, 0.1) is 0 Å². The van der Waals surface area contributed by atoms with Crippen LogP contribution in [0.5, 0.6) is 0 Å². The number of unbranched alkanes of at least 4 members (excludes halogenated alkanes) is 1. The number of aliphatic hydroxyl groups excluding tert-OH is 4. The summed E-state index contributed by atoms with van der Waals surface area (Å²) in [6.45, 7) is 0.618. The van der Waals surface area contributed by atoms with Crippen molar-refractivity contribution in [3.05, 3.63) is 16.7 Å². The fourth-order valence-corrected chi connectivity index (χ4v) is 5.75. The molecule has 2 aliphatic rings. The zero-order valence-electron chi connectivity index (χ0n) is 28.1. The van der Waals surface area contributed by atoms with Gasteiger partial charge in [-0.2, -0.15) is 4.98 Å². The molecule has 0 bridgehead atoms. The van der Waals surface area contributed by atoms with Crippen molar-refractivity contribution in [1.82, 2.24) is 30.2 Å². The van der Waals surface area contributed by atoms with Gasteiger partial charge in [0.25, 0.3) is 5.56 Å². The second kappa shape index (κ2) is 20.2. The minimum absolute atomic E-state index is 0.0444. The summed E-state index contributed by atoms with van der Waals surface area (Å²) < 4.78 is 50.4. The number of carbonyl (C=O) groups is 2. The molecular formula is C28H44N7O16P. The van der Waals surface area contributed by atoms with Gasteiger partial charge < -0.3 is 70.1 Å². The molecule has 0 radical (unpaired) electrons. The van der Waals surface area contributed by atoms with Crippen molar-refractivity contribution in [2.75, 3.05) is 58.7 Å². The number of fused-ring (bicyclic) bond motifs is 1. The van der Waals surface area contributed by atoms with Gasteiger partial charge in [-0.05, 0) is 17.4 Å². The Labute approximate surface area is 296 Å². The Kier molecular flexibility index (Phi) is 16.1. The molecule has 24 heteroatoms. The van der Waals surface area contributed by atoms with Crippen LogP contribution in [0.1, 0.15) is 32.4 Å². The number of ether oxygens (including phenoxy) is 6. The van der Waals surface area contributed by atoms with Crippen molar-refractivity contribution in [1.29, 1.82) is 0 Å². The minimum Gasteiger partial charge on any atom is -0.566 e. The number of amides is 2. The Bertz CT molecular complexity index is 1530. The molecule has 2 saturated heterocycles. The van der Waals surface area contributed by atoms with E-state index in [1.807, 2.05) is 0 Å². The van der Waals surface area contributed by atoms with Crippen LogP contribution in [0.4, 0.5) is 5.95 Å². The molecule has 0 aromatic carbocycles. The van der Waals surface area contributed by atoms with E-state index < -0.39 is 88.1 Å². The minimum atomic E-state index is -3.21. The van der Waals surface area contributed by atoms with E-state index in [1.165, 1.54) is 17.8 Å². The maximum atomic E-state index is 12.2. The highest BCUT2D eigenvalue weighted by Gasteiger charge is 2.47. The quantitative estimate of drug-likeness (QED) is 0.0338. The first-order chi connectivity index (χ1) is 24.9. The Hall–Kier alpha value is -3.29. The number of hydrogen-bond acceptors (Lipinski definition) is 19. The lowest BCUT2D eigenvalue weighted by molar-refractivity contribution is -0.270. The third-order valence-electron chi connectivity index (χ3n) is 8.00. The Balaban J connectivity index is 1.10. The number of aliphatic hydroxyl groups is 4. The number of aromatic nitrogens is 4. The van der Waals surface area contributed by atoms with Crippen LogP contribution < -0.4 is 26.8 Å². The van der Waals surface area contributed by atoms with Crippen LogP contribution in [0.15, 0.2) is 11.1 Å². The molecule has 4 rings (SSSR count). The number of carbonyl (C=O) groups excluding carboxylic acids is 2. The summed E-state index contributed by atoms with van der Waals surface area (Å²) in [6, 6.07) is -1.04. The molecule has 2 aliphatic heterocycles. The van der Waals surface area contributed by atoms with Crippen molar-refractivity contribution >= 4 is 37.2 Å². The molecule has 52 heavy (non-hydrogen) atoms. The summed E-state index contributed by atoms with van der Waals surface area (Å²) in [6.07, 6.45) is -7.40. The normalized spacial score (nSPS) is 27.9. The zero-order chi connectivity index (χ0) is 37.8. The number of aromatic amines is 1. The van der Waals surface area contributed by atoms with Crippen LogP contribution in [0.2, 0.25) is 0 Å². The number of H-pyrrole nitrogens is 1. The van der Waals surface area contributed by atoms with Gasteiger partial charge in [0, 0.05) is 26.5 Å². The summed E-state index contributed by atoms with van der Waals surface area (Å²) >= 11 is 0. The average molecular weight is 766 g/mol. The van der Waals surface area contributed by atoms with E-state index in [2.05, 4.69) is 30.1 Å². The molecule has 0 aliphatic carbocycles. The molecule has 2 fully saturated rings. The van der Waals surface area contributed by atoms with Gasteiger partial charge in [0.1, 0.15) is 56.1 Å². The number of imidazole rings is 1. The summed E-state index contributed by atoms with van der Waals surface area (Å²) in [5, 5.41) is 45.8. The Morgan fingerprint density at radius 2 is 1.85 bits per heavy atom. The number of nitrogens with zero attached hydrogens (tertiary/aromatic N) is 3. The molecule has 2 aromatic heterocycles. The molecule has 23 nitrogen and oxygen atoms in total. The highest BCUT2D eigenvalue weighted by molar-refractivity contribution is 7.30. The predicted octanol–water partition coefficient (Wildman–Crippen LogP) is -4.38. The van der Waals surface area contributed by atoms with Gasteiger partial charge in [-0.15, -0.1) is 4.52 Å². The molecule has 292 valence electrons. The topological polar surface area (TPSA) is 333 Å². The molecule has 0 spiro atoms. The van der Waals surface area contributed by atoms with E-state index in [0.717, 1.165) is 0 Å². The smallest absolute Gasteiger partial charge is 0.488 e. The summed E-state index contributed by atoms with van der Waals surface area (Å²) in [4.78, 5) is 57.2. The van der Waals surface area contributed by atoms with Crippen LogP contribution in [0.3, 0.4) is 0 Å². The zero-order valence-corrected chi connectivity index (χ0v) is 29.0. The third-order valence-corrected chi connectivity index (χ3v) is 8.36. The van der Waals surface area contributed by atoms with E-state index in [4.69, 9.17) is 34.2 Å². The lowest BCUT2D eigenvalue weighted by atomic mass is 9.97. The monoisotopic (exact) mass is 765 g/mol. The van der Waals surface area contributed by atoms with E-state index in [0.29, 0.717) is 12.8 Å². The van der Waals surface area contributed by atoms with Gasteiger partial charge >= 0.3 is 8.25 Å². The van der Waals surface area contributed by atoms with Gasteiger partial charge in [-0.3, -0.25) is 23.9 Å². The van der Waals surface area contributed by atoms with Gasteiger partial charge in [0.05, 0.1) is 32.8 Å². The number of nitrogens with two attached hydrogens (primary N) is 1. The van der Waals surface area contributed by atoms with Gasteiger partial charge in [-0.25, -0.2) is 4.98 Å². The van der Waals surface area contributed by atoms with E-state index in [9.17, 15) is 44.3 Å². The van der Waals surface area contributed by atoms with Crippen LogP contribution in [-0.2, 0) is 47.1 Å². The molecule has 4 heterocycles. The van der Waals surface area contributed by atoms with Crippen LogP contribution >= 0.6 is 8.25 Å². The fraction of sp³-hybridized carbons (Fsp3) is 0.750. The van der Waals surface area contributed by atoms with Crippen molar-refractivity contribution in [3.8, 4) is 0 Å². The highest BCUT2D eigenvalue weighted by atomic mass is 31.1. The van der Waals surface area contributed by atoms with Crippen LogP contribution in [0.25, 0.3) is 11.2 Å². The first-order valence-corrected chi connectivity index (χ1v) is 17.4. The number of nitrogens with one attached hydrogen (secondary N) is 3. The lowest BCUT2D eigenvalue weighted by Gasteiger charge is -2.42. The summed E-state index contributed by atoms with van der Waals surface area (Å²) in [7, 11) is -3.21. The first-order valence-electron chi connectivity index (χ1n) is 16.3. The molecule has 3 unspecified atom stereocenters. The number of rotatable bonds is 21. The standard InChI is InChI=1S/C28H44N7O16P/c1-14(37)32-18-22(41)20(39)15(10-36)51-27(18)47-6-3-2-4-17(38)30-5-7-45-8-9-46-13-48-23-21(40)16(11-49-52(43)44)50-26(23)35-12-31-19-24(35)33-28(29)34-25(19)42/h12,15-16,18,20-23,26-27,36,39-41H,2-11,13H2,1H3,(H,30,38)(H,32,37)(H3,29,33,34,42)/t15-,16?,18-,20+,21+,22-,23+,26?,27-/m1/s1. The summed E-state index contributed by atoms with van der Waals surface area (Å²) in [5.74, 6) is -0.865. The molecule has 2 aromatic rings. The van der Waals surface area contributed by atoms with Crippen molar-refractivity contribution < 1.29 is 72.4 Å². The number of anilines is 1. The molecule has 0 saturated carbocycles. The van der Waals surface area contributed by atoms with Crippen molar-refractivity contribution in [2.45, 2.75) is 81.4 Å². The molecular weight excluding hydrogens is 721 g/mol. The summed E-state index contributed by atoms with van der Waals surface area (Å²) in [5.41, 5.74) is 5.07. The van der Waals surface area contributed by atoms with E-state index >= 15 is 0 Å². The SMILES string of the molecule is CC(=O)N[C@H]1[C@H](OCCCCC(=O)NCCOCCOCO[C@@H]2C(n3cnc4c(=O)[nH]c(N)nc43)OC(CO[P+](=O)[O-])[C@@H]2O)O[C@H](CO)[C@H](O)[C@@H]1O. The largest absolute Gasteiger partial charge is 0.566 e. The first kappa shape index (κ1) is 41.5. The van der Waals surface area contributed by atoms with Gasteiger partial charge in [-0.1, -0.05) is 0 Å². The lowest BCUT2D eigenvalue weighted by Crippen LogP contribution is -2.64. The maximum Gasteiger partial charge on any atom is 0.488 e. The van der Waals surface area contributed by atoms with E-state index in [1.54, 1.807) is 0 Å². The van der Waals surface area contributed by atoms with Gasteiger partial charge in [0.2, 0.25) is 17.8 Å². The maximum absolute atomic E-state index is 12.2. The Morgan fingerprint density at radius 3 is 2.58 bits per heavy atom. The second-order valence-corrected chi connectivity index (χ2v) is 12.4. The van der Waals surface area contributed by atoms with Crippen molar-refractivity contribution in [3.63, 3.8) is 0 Å². The highest BCUT2D eigenvalue weighted by Crippen LogP contribution is 2.34. The van der Waals surface area contributed by atoms with E-state index in [-0.39, 0.29) is 69.2 Å². The van der Waals surface area contributed by atoms with Crippen molar-refractivity contribution in [2.24, 2.45) is 0 Å². The predicted molar refractivity (Wildman–Crippen MR) is 171 cm³/mol. The average Bonchev–Trinajstić information content (AvgIpc) is 3.65. The molecule has 10 atom stereocenters. The Morgan fingerprint density at radius 1 is 1.08 bits per heavy atom.